The average molecular weight is 480 g/mol. The van der Waals surface area contributed by atoms with Crippen molar-refractivity contribution in [2.45, 2.75) is 38.6 Å². The van der Waals surface area contributed by atoms with Crippen LogP contribution in [0, 0.1) is 0 Å². The smallest absolute Gasteiger partial charge is 0.480 e. The molecule has 3 aromatic rings. The van der Waals surface area contributed by atoms with Crippen LogP contribution in [-0.2, 0) is 11.2 Å². The fourth-order valence-electron chi connectivity index (χ4n) is 3.41. The van der Waals surface area contributed by atoms with E-state index in [1.165, 1.54) is 37.3 Å². The van der Waals surface area contributed by atoms with Gasteiger partial charge in [0.25, 0.3) is 5.91 Å². The van der Waals surface area contributed by atoms with Gasteiger partial charge in [-0.05, 0) is 54.5 Å². The number of fused-ring (bicyclic) bond motifs is 1. The van der Waals surface area contributed by atoms with E-state index < -0.39 is 23.8 Å². The van der Waals surface area contributed by atoms with Crippen molar-refractivity contribution in [3.63, 3.8) is 0 Å². The maximum atomic E-state index is 13.2. The number of nitrogens with one attached hydrogen (secondary N) is 1. The molecule has 1 amide bonds. The molecule has 2 N–H and O–H groups in total. The number of rotatable bonds is 7. The second-order valence-electron chi connectivity index (χ2n) is 7.74. The lowest BCUT2D eigenvalue weighted by atomic mass is 9.92. The van der Waals surface area contributed by atoms with Gasteiger partial charge in [0, 0.05) is 16.0 Å². The Morgan fingerprint density at radius 3 is 2.21 bits per heavy atom. The zero-order chi connectivity index (χ0) is 24.4. The van der Waals surface area contributed by atoms with E-state index in [9.17, 15) is 27.9 Å². The number of amides is 1. The summed E-state index contributed by atoms with van der Waals surface area (Å²) < 4.78 is 41.2. The molecule has 33 heavy (non-hydrogen) atoms. The molecule has 0 saturated heterocycles. The van der Waals surface area contributed by atoms with Gasteiger partial charge >= 0.3 is 12.3 Å². The van der Waals surface area contributed by atoms with Crippen molar-refractivity contribution in [3.05, 3.63) is 76.3 Å². The van der Waals surface area contributed by atoms with E-state index in [0.717, 1.165) is 0 Å². The highest BCUT2D eigenvalue weighted by molar-refractivity contribution is 6.36. The summed E-state index contributed by atoms with van der Waals surface area (Å²) in [6.45, 7) is 3.06. The minimum Gasteiger partial charge on any atom is -0.480 e. The molecule has 174 valence electrons. The third-order valence-electron chi connectivity index (χ3n) is 5.46. The van der Waals surface area contributed by atoms with E-state index in [2.05, 4.69) is 10.1 Å². The molecule has 0 heterocycles. The molecule has 0 saturated carbocycles. The molecular formula is C24H21ClF3NO4. The molecule has 1 unspecified atom stereocenters. The lowest BCUT2D eigenvalue weighted by molar-refractivity contribution is -0.274. The van der Waals surface area contributed by atoms with Crippen LogP contribution >= 0.6 is 11.6 Å². The normalized spacial score (nSPS) is 13.4. The topological polar surface area (TPSA) is 75.6 Å². The zero-order valence-electron chi connectivity index (χ0n) is 17.8. The van der Waals surface area contributed by atoms with Crippen LogP contribution in [0.3, 0.4) is 0 Å². The largest absolute Gasteiger partial charge is 0.573 e. The van der Waals surface area contributed by atoms with Gasteiger partial charge in [0.15, 0.2) is 0 Å². The Balaban J connectivity index is 2.05. The Bertz CT molecular complexity index is 1190. The molecule has 0 fully saturated rings. The molecular weight excluding hydrogens is 459 g/mol. The first-order valence-corrected chi connectivity index (χ1v) is 10.4. The number of hydrogen-bond donors (Lipinski definition) is 2. The molecule has 0 aliphatic rings. The maximum absolute atomic E-state index is 13.2. The molecule has 0 aromatic heterocycles. The predicted octanol–water partition coefficient (Wildman–Crippen LogP) is 5.97. The van der Waals surface area contributed by atoms with E-state index >= 15 is 0 Å². The van der Waals surface area contributed by atoms with Gasteiger partial charge in [-0.25, -0.2) is 4.79 Å². The van der Waals surface area contributed by atoms with Crippen molar-refractivity contribution >= 4 is 34.2 Å². The number of halogens is 4. The highest BCUT2D eigenvalue weighted by atomic mass is 35.5. The van der Waals surface area contributed by atoms with Crippen molar-refractivity contribution in [3.8, 4) is 5.75 Å². The highest BCUT2D eigenvalue weighted by Crippen LogP contribution is 2.32. The molecule has 0 bridgehead atoms. The first kappa shape index (κ1) is 24.4. The minimum absolute atomic E-state index is 0.158. The van der Waals surface area contributed by atoms with Crippen LogP contribution in [-0.4, -0.2) is 28.9 Å². The SMILES string of the molecule is CCC(C)(NC(=O)c1cc(Cl)c2ccccc2c1Cc1ccc(OC(F)(F)F)cc1)C(=O)O. The Kier molecular flexibility index (Phi) is 6.88. The van der Waals surface area contributed by atoms with Crippen LogP contribution in [0.1, 0.15) is 41.8 Å². The summed E-state index contributed by atoms with van der Waals surface area (Å²) in [4.78, 5) is 24.8. The number of alkyl halides is 3. The van der Waals surface area contributed by atoms with Gasteiger partial charge in [-0.2, -0.15) is 0 Å². The summed E-state index contributed by atoms with van der Waals surface area (Å²) in [5.74, 6) is -2.14. The Labute approximate surface area is 193 Å². The summed E-state index contributed by atoms with van der Waals surface area (Å²) in [6, 6.07) is 13.9. The average Bonchev–Trinajstić information content (AvgIpc) is 2.75. The Morgan fingerprint density at radius 2 is 1.67 bits per heavy atom. The molecule has 3 aromatic carbocycles. The van der Waals surface area contributed by atoms with Gasteiger partial charge in [0.05, 0.1) is 0 Å². The third-order valence-corrected chi connectivity index (χ3v) is 5.77. The van der Waals surface area contributed by atoms with Gasteiger partial charge in [-0.1, -0.05) is 54.9 Å². The fraction of sp³-hybridized carbons (Fsp3) is 0.250. The van der Waals surface area contributed by atoms with Crippen LogP contribution in [0.25, 0.3) is 10.8 Å². The molecule has 1 atom stereocenters. The molecule has 0 spiro atoms. The summed E-state index contributed by atoms with van der Waals surface area (Å²) in [7, 11) is 0. The number of carbonyl (C=O) groups is 2. The standard InChI is InChI=1S/C24H21ClF3NO4/c1-3-23(2,22(31)32)29-21(30)19-13-20(25)17-7-5-4-6-16(17)18(19)12-14-8-10-15(11-9-14)33-24(26,27)28/h4-11,13H,3,12H2,1-2H3,(H,29,30)(H,31,32). The summed E-state index contributed by atoms with van der Waals surface area (Å²) in [5, 5.41) is 13.8. The molecule has 0 radical (unpaired) electrons. The number of carbonyl (C=O) groups excluding carboxylic acids is 1. The van der Waals surface area contributed by atoms with E-state index in [4.69, 9.17) is 11.6 Å². The van der Waals surface area contributed by atoms with Crippen molar-refractivity contribution in [2.75, 3.05) is 0 Å². The minimum atomic E-state index is -4.80. The van der Waals surface area contributed by atoms with Crippen LogP contribution in [0.4, 0.5) is 13.2 Å². The van der Waals surface area contributed by atoms with Crippen LogP contribution in [0.15, 0.2) is 54.6 Å². The van der Waals surface area contributed by atoms with Gasteiger partial charge < -0.3 is 15.2 Å². The van der Waals surface area contributed by atoms with Gasteiger partial charge in [-0.15, -0.1) is 13.2 Å². The van der Waals surface area contributed by atoms with Gasteiger partial charge in [-0.3, -0.25) is 4.79 Å². The van der Waals surface area contributed by atoms with E-state index in [0.29, 0.717) is 26.9 Å². The molecule has 0 aliphatic carbocycles. The number of carboxylic acid groups (broad SMARTS) is 1. The Hall–Kier alpha value is -3.26. The first-order valence-electron chi connectivity index (χ1n) is 10.0. The number of benzene rings is 3. The second-order valence-corrected chi connectivity index (χ2v) is 8.15. The summed E-state index contributed by atoms with van der Waals surface area (Å²) >= 11 is 6.41. The van der Waals surface area contributed by atoms with Crippen molar-refractivity contribution in [1.29, 1.82) is 0 Å². The first-order chi connectivity index (χ1) is 15.4. The fourth-order valence-corrected chi connectivity index (χ4v) is 3.68. The molecule has 5 nitrogen and oxygen atoms in total. The summed E-state index contributed by atoms with van der Waals surface area (Å²) in [6.07, 6.45) is -4.44. The number of carboxylic acids is 1. The number of aliphatic carboxylic acids is 1. The molecule has 3 rings (SSSR count). The van der Waals surface area contributed by atoms with E-state index in [1.807, 2.05) is 0 Å². The Morgan fingerprint density at radius 1 is 1.06 bits per heavy atom. The van der Waals surface area contributed by atoms with E-state index in [-0.39, 0.29) is 24.2 Å². The highest BCUT2D eigenvalue weighted by Gasteiger charge is 2.34. The monoisotopic (exact) mass is 479 g/mol. The lowest BCUT2D eigenvalue weighted by Gasteiger charge is -2.25. The van der Waals surface area contributed by atoms with Crippen LogP contribution in [0.5, 0.6) is 5.75 Å². The van der Waals surface area contributed by atoms with Crippen LogP contribution < -0.4 is 10.1 Å². The number of hydrogen-bond acceptors (Lipinski definition) is 3. The van der Waals surface area contributed by atoms with Crippen molar-refractivity contribution < 1.29 is 32.6 Å². The van der Waals surface area contributed by atoms with Crippen molar-refractivity contribution in [1.82, 2.24) is 5.32 Å². The molecule has 9 heteroatoms. The zero-order valence-corrected chi connectivity index (χ0v) is 18.6. The predicted molar refractivity (Wildman–Crippen MR) is 119 cm³/mol. The number of ether oxygens (including phenoxy) is 1. The van der Waals surface area contributed by atoms with Crippen LogP contribution in [0.2, 0.25) is 5.02 Å². The van der Waals surface area contributed by atoms with E-state index in [1.54, 1.807) is 31.2 Å². The second kappa shape index (κ2) is 9.31. The lowest BCUT2D eigenvalue weighted by Crippen LogP contribution is -2.51. The third kappa shape index (κ3) is 5.57. The van der Waals surface area contributed by atoms with Gasteiger partial charge in [0.2, 0.25) is 0 Å². The van der Waals surface area contributed by atoms with Gasteiger partial charge in [0.1, 0.15) is 11.3 Å². The quantitative estimate of drug-likeness (QED) is 0.438. The molecule has 0 aliphatic heterocycles. The van der Waals surface area contributed by atoms with Crippen molar-refractivity contribution in [2.24, 2.45) is 0 Å². The maximum Gasteiger partial charge on any atom is 0.573 e. The summed E-state index contributed by atoms with van der Waals surface area (Å²) in [5.41, 5.74) is -0.0955.